The number of hydrogen-bond acceptors (Lipinski definition) is 5. The SMILES string of the molecule is CCc1nc2ccc(Br)cc2c(=O)n1N=Cc1cc(Cl)cc(Br)c1OCC(N)=O. The Kier molecular flexibility index (Phi) is 6.71. The van der Waals surface area contributed by atoms with Gasteiger partial charge in [-0.15, -0.1) is 0 Å². The van der Waals surface area contributed by atoms with Crippen molar-refractivity contribution in [2.45, 2.75) is 13.3 Å². The van der Waals surface area contributed by atoms with Crippen molar-refractivity contribution in [1.29, 1.82) is 0 Å². The average molecular weight is 543 g/mol. The van der Waals surface area contributed by atoms with E-state index in [0.717, 1.165) is 4.47 Å². The van der Waals surface area contributed by atoms with Crippen LogP contribution in [0.2, 0.25) is 5.02 Å². The van der Waals surface area contributed by atoms with Gasteiger partial charge in [0.25, 0.3) is 11.5 Å². The van der Waals surface area contributed by atoms with Crippen molar-refractivity contribution in [2.75, 3.05) is 6.61 Å². The molecule has 1 amide bonds. The number of ether oxygens (including phenoxy) is 1. The van der Waals surface area contributed by atoms with E-state index < -0.39 is 5.91 Å². The molecule has 0 saturated carbocycles. The molecule has 150 valence electrons. The van der Waals surface area contributed by atoms with Crippen LogP contribution in [0.25, 0.3) is 10.9 Å². The summed E-state index contributed by atoms with van der Waals surface area (Å²) in [7, 11) is 0. The minimum atomic E-state index is -0.622. The summed E-state index contributed by atoms with van der Waals surface area (Å²) < 4.78 is 8.00. The molecule has 1 aromatic heterocycles. The van der Waals surface area contributed by atoms with Gasteiger partial charge in [-0.1, -0.05) is 34.5 Å². The minimum Gasteiger partial charge on any atom is -0.482 e. The molecule has 29 heavy (non-hydrogen) atoms. The molecule has 7 nitrogen and oxygen atoms in total. The Morgan fingerprint density at radius 3 is 2.79 bits per heavy atom. The zero-order valence-corrected chi connectivity index (χ0v) is 19.1. The van der Waals surface area contributed by atoms with E-state index in [1.165, 1.54) is 10.9 Å². The van der Waals surface area contributed by atoms with Crippen LogP contribution in [-0.4, -0.2) is 28.4 Å². The van der Waals surface area contributed by atoms with Gasteiger partial charge in [-0.05, 0) is 46.3 Å². The highest BCUT2D eigenvalue weighted by atomic mass is 79.9. The number of nitrogens with two attached hydrogens (primary N) is 1. The molecule has 10 heteroatoms. The highest BCUT2D eigenvalue weighted by Gasteiger charge is 2.13. The summed E-state index contributed by atoms with van der Waals surface area (Å²) >= 11 is 12.8. The first-order valence-corrected chi connectivity index (χ1v) is 10.4. The van der Waals surface area contributed by atoms with Crippen LogP contribution < -0.4 is 16.0 Å². The fraction of sp³-hybridized carbons (Fsp3) is 0.158. The molecule has 0 fully saturated rings. The Morgan fingerprint density at radius 2 is 2.10 bits per heavy atom. The van der Waals surface area contributed by atoms with E-state index in [4.69, 9.17) is 22.1 Å². The molecule has 3 rings (SSSR count). The fourth-order valence-electron chi connectivity index (χ4n) is 2.63. The molecule has 0 atom stereocenters. The molecule has 1 heterocycles. The molecule has 0 unspecified atom stereocenters. The van der Waals surface area contributed by atoms with E-state index in [-0.39, 0.29) is 12.2 Å². The fourth-order valence-corrected chi connectivity index (χ4v) is 3.94. The van der Waals surface area contributed by atoms with Crippen LogP contribution in [0.3, 0.4) is 0 Å². The van der Waals surface area contributed by atoms with Crippen LogP contribution >= 0.6 is 43.5 Å². The summed E-state index contributed by atoms with van der Waals surface area (Å²) in [5.74, 6) is 0.213. The highest BCUT2D eigenvalue weighted by molar-refractivity contribution is 9.10. The van der Waals surface area contributed by atoms with E-state index in [1.807, 2.05) is 13.0 Å². The van der Waals surface area contributed by atoms with Gasteiger partial charge in [-0.25, -0.2) is 4.98 Å². The molecule has 0 spiro atoms. The van der Waals surface area contributed by atoms with Gasteiger partial charge < -0.3 is 10.5 Å². The summed E-state index contributed by atoms with van der Waals surface area (Å²) in [5, 5.41) is 5.18. The molecule has 0 aliphatic rings. The monoisotopic (exact) mass is 540 g/mol. The lowest BCUT2D eigenvalue weighted by molar-refractivity contribution is -0.119. The standard InChI is InChI=1S/C19H15Br2ClN4O3/c1-2-17-25-15-4-3-11(20)6-13(15)19(28)26(17)24-8-10-5-12(22)7-14(21)18(10)29-9-16(23)27/h3-8H,2,9H2,1H3,(H2,23,27). The maximum Gasteiger partial charge on any atom is 0.282 e. The number of fused-ring (bicyclic) bond motifs is 1. The topological polar surface area (TPSA) is 99.6 Å². The summed E-state index contributed by atoms with van der Waals surface area (Å²) in [6.07, 6.45) is 1.93. The van der Waals surface area contributed by atoms with Crippen molar-refractivity contribution in [3.63, 3.8) is 0 Å². The Hall–Kier alpha value is -2.23. The first kappa shape index (κ1) is 21.5. The van der Waals surface area contributed by atoms with Crippen LogP contribution in [0, 0.1) is 0 Å². The van der Waals surface area contributed by atoms with Crippen molar-refractivity contribution in [1.82, 2.24) is 9.66 Å². The number of benzene rings is 2. The zero-order chi connectivity index (χ0) is 21.1. The lowest BCUT2D eigenvalue weighted by Gasteiger charge is -2.11. The molecule has 0 radical (unpaired) electrons. The lowest BCUT2D eigenvalue weighted by Crippen LogP contribution is -2.22. The van der Waals surface area contributed by atoms with Gasteiger partial charge in [-0.3, -0.25) is 9.59 Å². The van der Waals surface area contributed by atoms with Crippen molar-refractivity contribution in [2.24, 2.45) is 10.8 Å². The number of carbonyl (C=O) groups excluding carboxylic acids is 1. The van der Waals surface area contributed by atoms with E-state index in [9.17, 15) is 9.59 Å². The van der Waals surface area contributed by atoms with Gasteiger partial charge in [0.2, 0.25) is 0 Å². The van der Waals surface area contributed by atoms with Crippen molar-refractivity contribution in [3.05, 3.63) is 66.0 Å². The lowest BCUT2D eigenvalue weighted by atomic mass is 10.2. The molecule has 0 bridgehead atoms. The minimum absolute atomic E-state index is 0.301. The predicted molar refractivity (Wildman–Crippen MR) is 120 cm³/mol. The number of nitrogens with zero attached hydrogens (tertiary/aromatic N) is 3. The number of primary amides is 1. The van der Waals surface area contributed by atoms with Gasteiger partial charge in [0.1, 0.15) is 11.6 Å². The van der Waals surface area contributed by atoms with Crippen molar-refractivity contribution in [3.8, 4) is 5.75 Å². The number of hydrogen-bond donors (Lipinski definition) is 1. The molecule has 3 aromatic rings. The second-order valence-corrected chi connectivity index (χ2v) is 8.17. The smallest absolute Gasteiger partial charge is 0.282 e. The van der Waals surface area contributed by atoms with Crippen LogP contribution in [0.4, 0.5) is 0 Å². The molecular formula is C19H15Br2ClN4O3. The molecule has 0 saturated heterocycles. The summed E-state index contributed by atoms with van der Waals surface area (Å²) in [6.45, 7) is 1.57. The molecule has 0 aliphatic heterocycles. The molecule has 2 N–H and O–H groups in total. The summed E-state index contributed by atoms with van der Waals surface area (Å²) in [5.41, 5.74) is 5.92. The Labute approximate surface area is 187 Å². The van der Waals surface area contributed by atoms with Gasteiger partial charge in [0.15, 0.2) is 6.61 Å². The summed E-state index contributed by atoms with van der Waals surface area (Å²) in [4.78, 5) is 28.6. The maximum atomic E-state index is 13.0. The Balaban J connectivity index is 2.12. The number of aryl methyl sites for hydroxylation is 1. The van der Waals surface area contributed by atoms with E-state index >= 15 is 0 Å². The van der Waals surface area contributed by atoms with E-state index in [1.54, 1.807) is 24.3 Å². The van der Waals surface area contributed by atoms with Gasteiger partial charge in [-0.2, -0.15) is 9.78 Å². The molecule has 0 aliphatic carbocycles. The number of aromatic nitrogens is 2. The Bertz CT molecular complexity index is 1190. The van der Waals surface area contributed by atoms with E-state index in [0.29, 0.717) is 44.0 Å². The quantitative estimate of drug-likeness (QED) is 0.478. The van der Waals surface area contributed by atoms with Crippen LogP contribution in [0.5, 0.6) is 5.75 Å². The number of rotatable bonds is 6. The largest absolute Gasteiger partial charge is 0.482 e. The third-order valence-corrected chi connectivity index (χ3v) is 5.20. The number of amides is 1. The predicted octanol–water partition coefficient (Wildman–Crippen LogP) is 3.88. The normalized spacial score (nSPS) is 11.3. The number of halogens is 3. The second kappa shape index (κ2) is 9.06. The van der Waals surface area contributed by atoms with E-state index in [2.05, 4.69) is 41.9 Å². The van der Waals surface area contributed by atoms with Crippen molar-refractivity contribution < 1.29 is 9.53 Å². The van der Waals surface area contributed by atoms with Crippen molar-refractivity contribution >= 4 is 66.5 Å². The third kappa shape index (κ3) is 4.85. The van der Waals surface area contributed by atoms with Gasteiger partial charge >= 0.3 is 0 Å². The van der Waals surface area contributed by atoms with Gasteiger partial charge in [0, 0.05) is 21.5 Å². The first-order valence-electron chi connectivity index (χ1n) is 8.45. The maximum absolute atomic E-state index is 13.0. The Morgan fingerprint density at radius 1 is 1.34 bits per heavy atom. The zero-order valence-electron chi connectivity index (χ0n) is 15.2. The van der Waals surface area contributed by atoms with Gasteiger partial charge in [0.05, 0.1) is 21.6 Å². The number of carbonyl (C=O) groups is 1. The highest BCUT2D eigenvalue weighted by Crippen LogP contribution is 2.32. The molecule has 2 aromatic carbocycles. The third-order valence-electron chi connectivity index (χ3n) is 3.90. The van der Waals surface area contributed by atoms with Crippen LogP contribution in [0.15, 0.2) is 49.2 Å². The van der Waals surface area contributed by atoms with Crippen LogP contribution in [-0.2, 0) is 11.2 Å². The summed E-state index contributed by atoms with van der Waals surface area (Å²) in [6, 6.07) is 8.53. The first-order chi connectivity index (χ1) is 13.8. The second-order valence-electron chi connectivity index (χ2n) is 5.97. The van der Waals surface area contributed by atoms with Crippen LogP contribution in [0.1, 0.15) is 18.3 Å². The molecular weight excluding hydrogens is 527 g/mol. The average Bonchev–Trinajstić information content (AvgIpc) is 2.66.